The van der Waals surface area contributed by atoms with Gasteiger partial charge in [-0.05, 0) is 52.0 Å². The molecule has 0 N–H and O–H groups in total. The van der Waals surface area contributed by atoms with Gasteiger partial charge in [0.05, 0.1) is 12.5 Å². The fourth-order valence-corrected chi connectivity index (χ4v) is 5.42. The van der Waals surface area contributed by atoms with Crippen LogP contribution in [0, 0.1) is 19.8 Å². The number of esters is 1. The lowest BCUT2D eigenvalue weighted by Crippen LogP contribution is -2.40. The number of carbonyl (C=O) groups is 2. The van der Waals surface area contributed by atoms with E-state index in [9.17, 15) is 14.4 Å². The first-order valence-electron chi connectivity index (χ1n) is 12.5. The summed E-state index contributed by atoms with van der Waals surface area (Å²) in [6.07, 6.45) is 4.11. The maximum atomic E-state index is 13.0. The van der Waals surface area contributed by atoms with Crippen LogP contribution in [-0.2, 0) is 27.8 Å². The molecule has 1 aromatic carbocycles. The molecular formula is C27H37N3O4S. The third-order valence-corrected chi connectivity index (χ3v) is 7.61. The van der Waals surface area contributed by atoms with Crippen LogP contribution >= 0.6 is 11.8 Å². The fraction of sp³-hybridized carbons (Fsp3) is 0.556. The summed E-state index contributed by atoms with van der Waals surface area (Å²) in [5, 5.41) is 0.716. The van der Waals surface area contributed by atoms with Crippen LogP contribution in [0.5, 0.6) is 0 Å². The van der Waals surface area contributed by atoms with E-state index in [-0.39, 0.29) is 23.4 Å². The van der Waals surface area contributed by atoms with E-state index in [1.165, 1.54) is 5.56 Å². The van der Waals surface area contributed by atoms with Crippen LogP contribution in [0.3, 0.4) is 0 Å². The summed E-state index contributed by atoms with van der Waals surface area (Å²) < 4.78 is 6.74. The molecule has 0 unspecified atom stereocenters. The van der Waals surface area contributed by atoms with Crippen molar-refractivity contribution in [3.8, 4) is 0 Å². The second kappa shape index (κ2) is 12.9. The Morgan fingerprint density at radius 2 is 1.91 bits per heavy atom. The average molecular weight is 500 g/mol. The molecule has 1 fully saturated rings. The zero-order valence-electron chi connectivity index (χ0n) is 21.3. The molecule has 0 bridgehead atoms. The Morgan fingerprint density at radius 1 is 1.17 bits per heavy atom. The van der Waals surface area contributed by atoms with Crippen LogP contribution in [0.15, 0.2) is 34.2 Å². The van der Waals surface area contributed by atoms with Gasteiger partial charge in [-0.3, -0.25) is 19.0 Å². The minimum Gasteiger partial charge on any atom is -0.466 e. The largest absolute Gasteiger partial charge is 0.466 e. The van der Waals surface area contributed by atoms with E-state index in [2.05, 4.69) is 6.07 Å². The summed E-state index contributed by atoms with van der Waals surface area (Å²) >= 11 is 1.56. The molecule has 0 atom stereocenters. The van der Waals surface area contributed by atoms with Crippen LogP contribution in [0.2, 0.25) is 0 Å². The van der Waals surface area contributed by atoms with Crippen molar-refractivity contribution >= 4 is 23.6 Å². The molecule has 7 nitrogen and oxygen atoms in total. The van der Waals surface area contributed by atoms with E-state index >= 15 is 0 Å². The molecule has 0 spiro atoms. The molecule has 1 amide bonds. The summed E-state index contributed by atoms with van der Waals surface area (Å²) in [5.74, 6) is 0.730. The van der Waals surface area contributed by atoms with Gasteiger partial charge < -0.3 is 9.64 Å². The molecule has 1 saturated heterocycles. The molecule has 8 heteroatoms. The highest BCUT2D eigenvalue weighted by Gasteiger charge is 2.27. The van der Waals surface area contributed by atoms with Crippen molar-refractivity contribution in [1.29, 1.82) is 0 Å². The van der Waals surface area contributed by atoms with Gasteiger partial charge >= 0.3 is 5.97 Å². The number of amides is 1. The molecule has 2 heterocycles. The molecule has 1 aromatic heterocycles. The van der Waals surface area contributed by atoms with E-state index in [4.69, 9.17) is 9.72 Å². The van der Waals surface area contributed by atoms with Crippen molar-refractivity contribution in [1.82, 2.24) is 14.5 Å². The van der Waals surface area contributed by atoms with Crippen LogP contribution in [0.4, 0.5) is 0 Å². The van der Waals surface area contributed by atoms with Crippen molar-refractivity contribution in [3.63, 3.8) is 0 Å². The van der Waals surface area contributed by atoms with Crippen molar-refractivity contribution in [3.05, 3.63) is 57.0 Å². The van der Waals surface area contributed by atoms with Gasteiger partial charge in [0.2, 0.25) is 5.91 Å². The predicted octanol–water partition coefficient (Wildman–Crippen LogP) is 4.05. The Hall–Kier alpha value is -2.61. The van der Waals surface area contributed by atoms with Crippen LogP contribution in [0.25, 0.3) is 0 Å². The van der Waals surface area contributed by atoms with E-state index in [1.54, 1.807) is 23.4 Å². The minimum atomic E-state index is -0.141. The Balaban J connectivity index is 1.44. The summed E-state index contributed by atoms with van der Waals surface area (Å²) in [4.78, 5) is 43.9. The van der Waals surface area contributed by atoms with Gasteiger partial charge in [0, 0.05) is 50.0 Å². The predicted molar refractivity (Wildman–Crippen MR) is 139 cm³/mol. The molecule has 0 radical (unpaired) electrons. The Bertz CT molecular complexity index is 1090. The Morgan fingerprint density at radius 3 is 2.60 bits per heavy atom. The number of piperidine rings is 1. The fourth-order valence-electron chi connectivity index (χ4n) is 4.41. The second-order valence-corrected chi connectivity index (χ2v) is 10.3. The first-order chi connectivity index (χ1) is 16.8. The number of likely N-dealkylation sites (tertiary alicyclic amines) is 1. The van der Waals surface area contributed by atoms with Gasteiger partial charge in [-0.2, -0.15) is 0 Å². The number of benzene rings is 1. The first kappa shape index (κ1) is 27.0. The van der Waals surface area contributed by atoms with Crippen LogP contribution in [-0.4, -0.2) is 51.8 Å². The van der Waals surface area contributed by atoms with Crippen molar-refractivity contribution in [2.24, 2.45) is 13.0 Å². The number of unbranched alkanes of at least 4 members (excludes halogenated alkanes) is 1. The second-order valence-electron chi connectivity index (χ2n) is 9.20. The minimum absolute atomic E-state index is 0.00269. The van der Waals surface area contributed by atoms with Crippen LogP contribution < -0.4 is 5.56 Å². The molecule has 1 aliphatic rings. The summed E-state index contributed by atoms with van der Waals surface area (Å²) in [6.45, 7) is 7.41. The van der Waals surface area contributed by atoms with Gasteiger partial charge in [0.25, 0.3) is 5.56 Å². The molecule has 0 saturated carbocycles. The molecule has 35 heavy (non-hydrogen) atoms. The maximum Gasteiger partial charge on any atom is 0.309 e. The third-order valence-electron chi connectivity index (χ3n) is 6.50. The number of rotatable bonds is 10. The molecular weight excluding hydrogens is 462 g/mol. The number of thioether (sulfide) groups is 1. The SMILES string of the molecule is CCOC(=O)C1CCN(C(=O)CCCCSc2nc(C)c(Cc3cccc(C)c3)c(=O)n2C)CC1. The van der Waals surface area contributed by atoms with E-state index < -0.39 is 0 Å². The van der Waals surface area contributed by atoms with E-state index in [0.29, 0.717) is 50.5 Å². The van der Waals surface area contributed by atoms with E-state index in [1.807, 2.05) is 43.9 Å². The number of ether oxygens (including phenoxy) is 1. The zero-order chi connectivity index (χ0) is 25.4. The number of aryl methyl sites for hydroxylation is 2. The van der Waals surface area contributed by atoms with Gasteiger partial charge in [-0.25, -0.2) is 4.98 Å². The number of nitrogens with zero attached hydrogens (tertiary/aromatic N) is 3. The highest BCUT2D eigenvalue weighted by Crippen LogP contribution is 2.21. The molecule has 2 aromatic rings. The van der Waals surface area contributed by atoms with Gasteiger partial charge in [-0.15, -0.1) is 0 Å². The number of hydrogen-bond acceptors (Lipinski definition) is 6. The van der Waals surface area contributed by atoms with Crippen LogP contribution in [0.1, 0.15) is 61.4 Å². The molecule has 0 aliphatic carbocycles. The standard InChI is InChI=1S/C27H37N3O4S/c1-5-34-26(33)22-12-14-30(15-13-22)24(31)11-6-7-16-35-27-28-20(3)23(25(32)29(27)4)18-21-10-8-9-19(2)17-21/h8-10,17,22H,5-7,11-16,18H2,1-4H3. The quantitative estimate of drug-likeness (QED) is 0.212. The van der Waals surface area contributed by atoms with Gasteiger partial charge in [0.15, 0.2) is 5.16 Å². The third kappa shape index (κ3) is 7.43. The lowest BCUT2D eigenvalue weighted by molar-refractivity contribution is -0.151. The first-order valence-corrected chi connectivity index (χ1v) is 13.5. The smallest absolute Gasteiger partial charge is 0.309 e. The molecule has 3 rings (SSSR count). The lowest BCUT2D eigenvalue weighted by atomic mass is 9.96. The maximum absolute atomic E-state index is 13.0. The Labute approximate surface area is 212 Å². The highest BCUT2D eigenvalue weighted by molar-refractivity contribution is 7.99. The van der Waals surface area contributed by atoms with Crippen molar-refractivity contribution in [2.45, 2.75) is 64.5 Å². The van der Waals surface area contributed by atoms with E-state index in [0.717, 1.165) is 35.4 Å². The Kier molecular flexibility index (Phi) is 9.95. The monoisotopic (exact) mass is 499 g/mol. The van der Waals surface area contributed by atoms with Gasteiger partial charge in [-0.1, -0.05) is 41.6 Å². The summed E-state index contributed by atoms with van der Waals surface area (Å²) in [6, 6.07) is 8.20. The number of carbonyl (C=O) groups excluding carboxylic acids is 2. The highest BCUT2D eigenvalue weighted by atomic mass is 32.2. The average Bonchev–Trinajstić information content (AvgIpc) is 2.84. The lowest BCUT2D eigenvalue weighted by Gasteiger charge is -2.31. The topological polar surface area (TPSA) is 81.5 Å². The molecule has 190 valence electrons. The van der Waals surface area contributed by atoms with Crippen molar-refractivity contribution < 1.29 is 14.3 Å². The number of aromatic nitrogens is 2. The summed E-state index contributed by atoms with van der Waals surface area (Å²) in [5.41, 5.74) is 3.81. The molecule has 1 aliphatic heterocycles. The van der Waals surface area contributed by atoms with Crippen molar-refractivity contribution in [2.75, 3.05) is 25.4 Å². The summed E-state index contributed by atoms with van der Waals surface area (Å²) in [7, 11) is 1.78. The number of hydrogen-bond donors (Lipinski definition) is 0. The van der Waals surface area contributed by atoms with Gasteiger partial charge in [0.1, 0.15) is 0 Å². The zero-order valence-corrected chi connectivity index (χ0v) is 22.2. The normalized spacial score (nSPS) is 14.2.